The van der Waals surface area contributed by atoms with Crippen molar-refractivity contribution in [3.8, 4) is 0 Å². The van der Waals surface area contributed by atoms with Gasteiger partial charge < -0.3 is 4.90 Å². The first-order chi connectivity index (χ1) is 5.78. The molecule has 1 nitrogen and oxygen atoms in total. The number of rotatable bonds is 1. The zero-order valence-electron chi connectivity index (χ0n) is 8.47. The largest absolute Gasteiger partial charge is 0.303 e. The van der Waals surface area contributed by atoms with Crippen molar-refractivity contribution < 1.29 is 0 Å². The summed E-state index contributed by atoms with van der Waals surface area (Å²) in [6, 6.07) is 0.927. The second kappa shape index (κ2) is 3.02. The summed E-state index contributed by atoms with van der Waals surface area (Å²) in [6.45, 7) is 3.73. The van der Waals surface area contributed by atoms with Gasteiger partial charge in [-0.3, -0.25) is 0 Å². The highest BCUT2D eigenvalue weighted by molar-refractivity contribution is 4.98. The Morgan fingerprint density at radius 1 is 1.33 bits per heavy atom. The molecule has 0 N–H and O–H groups in total. The fourth-order valence-corrected chi connectivity index (χ4v) is 3.53. The third-order valence-corrected chi connectivity index (χ3v) is 4.28. The summed E-state index contributed by atoms with van der Waals surface area (Å²) in [5.41, 5.74) is 0.729. The topological polar surface area (TPSA) is 3.24 Å². The van der Waals surface area contributed by atoms with Gasteiger partial charge in [0.05, 0.1) is 0 Å². The van der Waals surface area contributed by atoms with Crippen LogP contribution in [-0.2, 0) is 0 Å². The molecule has 2 aliphatic rings. The van der Waals surface area contributed by atoms with Gasteiger partial charge >= 0.3 is 0 Å². The van der Waals surface area contributed by atoms with E-state index in [0.29, 0.717) is 0 Å². The molecule has 1 aliphatic heterocycles. The Labute approximate surface area is 76.1 Å². The fourth-order valence-electron chi connectivity index (χ4n) is 3.53. The second-order valence-corrected chi connectivity index (χ2v) is 4.71. The second-order valence-electron chi connectivity index (χ2n) is 4.71. The molecule has 1 aliphatic carbocycles. The third kappa shape index (κ3) is 1.10. The van der Waals surface area contributed by atoms with Crippen LogP contribution in [0.3, 0.4) is 0 Å². The van der Waals surface area contributed by atoms with Gasteiger partial charge in [0.1, 0.15) is 0 Å². The van der Waals surface area contributed by atoms with E-state index in [4.69, 9.17) is 0 Å². The predicted octanol–water partition coefficient (Wildman–Crippen LogP) is 2.66. The number of piperidine rings is 1. The van der Waals surface area contributed by atoms with Crippen molar-refractivity contribution in [1.29, 1.82) is 0 Å². The zero-order chi connectivity index (χ0) is 8.60. The molecule has 12 heavy (non-hydrogen) atoms. The van der Waals surface area contributed by atoms with Crippen LogP contribution in [-0.4, -0.2) is 24.5 Å². The van der Waals surface area contributed by atoms with E-state index in [1.54, 1.807) is 0 Å². The normalized spacial score (nSPS) is 43.0. The van der Waals surface area contributed by atoms with Gasteiger partial charge in [0, 0.05) is 6.04 Å². The van der Waals surface area contributed by atoms with Crippen LogP contribution in [0, 0.1) is 5.41 Å². The van der Waals surface area contributed by atoms with Crippen molar-refractivity contribution in [2.45, 2.75) is 51.5 Å². The molecule has 0 aromatic rings. The standard InChI is InChI=1S/C11H21N/c1-3-11-7-4-6-10(11)12(2)9-5-8-11/h10H,3-9H2,1-2H3/t10-,11-/m1/s1. The molecule has 0 bridgehead atoms. The maximum absolute atomic E-state index is 2.61. The maximum atomic E-state index is 2.61. The molecule has 2 rings (SSSR count). The minimum absolute atomic E-state index is 0.729. The number of hydrogen-bond acceptors (Lipinski definition) is 1. The van der Waals surface area contributed by atoms with E-state index >= 15 is 0 Å². The molecular weight excluding hydrogens is 146 g/mol. The van der Waals surface area contributed by atoms with Gasteiger partial charge in [-0.15, -0.1) is 0 Å². The molecule has 70 valence electrons. The van der Waals surface area contributed by atoms with E-state index in [9.17, 15) is 0 Å². The number of nitrogens with zero attached hydrogens (tertiary/aromatic N) is 1. The molecule has 1 heterocycles. The van der Waals surface area contributed by atoms with Crippen LogP contribution in [0.5, 0.6) is 0 Å². The minimum atomic E-state index is 0.729. The van der Waals surface area contributed by atoms with Gasteiger partial charge in [-0.2, -0.15) is 0 Å². The molecule has 0 aromatic heterocycles. The summed E-state index contributed by atoms with van der Waals surface area (Å²) in [6.07, 6.45) is 8.77. The Kier molecular flexibility index (Phi) is 2.16. The smallest absolute Gasteiger partial charge is 0.0148 e. The first-order valence-corrected chi connectivity index (χ1v) is 5.49. The average Bonchev–Trinajstić information content (AvgIpc) is 2.50. The molecule has 0 unspecified atom stereocenters. The highest BCUT2D eigenvalue weighted by atomic mass is 15.2. The number of fused-ring (bicyclic) bond motifs is 1. The Balaban J connectivity index is 2.17. The van der Waals surface area contributed by atoms with Crippen molar-refractivity contribution in [2.24, 2.45) is 5.41 Å². The highest BCUT2D eigenvalue weighted by Gasteiger charge is 2.44. The predicted molar refractivity (Wildman–Crippen MR) is 52.2 cm³/mol. The van der Waals surface area contributed by atoms with Crippen molar-refractivity contribution in [3.05, 3.63) is 0 Å². The quantitative estimate of drug-likeness (QED) is 0.580. The van der Waals surface area contributed by atoms with E-state index < -0.39 is 0 Å². The van der Waals surface area contributed by atoms with Gasteiger partial charge in [0.25, 0.3) is 0 Å². The summed E-state index contributed by atoms with van der Waals surface area (Å²) in [4.78, 5) is 2.61. The molecule has 1 heteroatoms. The monoisotopic (exact) mass is 167 g/mol. The van der Waals surface area contributed by atoms with Crippen molar-refractivity contribution >= 4 is 0 Å². The number of hydrogen-bond donors (Lipinski definition) is 0. The highest BCUT2D eigenvalue weighted by Crippen LogP contribution is 2.49. The molecule has 2 atom stereocenters. The Morgan fingerprint density at radius 2 is 2.08 bits per heavy atom. The van der Waals surface area contributed by atoms with Crippen molar-refractivity contribution in [2.75, 3.05) is 13.6 Å². The van der Waals surface area contributed by atoms with Gasteiger partial charge in [0.2, 0.25) is 0 Å². The maximum Gasteiger partial charge on any atom is 0.0148 e. The van der Waals surface area contributed by atoms with Crippen molar-refractivity contribution in [1.82, 2.24) is 4.90 Å². The summed E-state index contributed by atoms with van der Waals surface area (Å²) >= 11 is 0. The molecule has 0 spiro atoms. The van der Waals surface area contributed by atoms with Gasteiger partial charge in [0.15, 0.2) is 0 Å². The Bertz CT molecular complexity index is 166. The van der Waals surface area contributed by atoms with E-state index in [1.807, 2.05) is 0 Å². The SMILES string of the molecule is CC[C@]12CCC[C@H]1N(C)CCC2. The van der Waals surface area contributed by atoms with Gasteiger partial charge in [-0.05, 0) is 51.1 Å². The van der Waals surface area contributed by atoms with Crippen LogP contribution < -0.4 is 0 Å². The first-order valence-electron chi connectivity index (χ1n) is 5.49. The summed E-state index contributed by atoms with van der Waals surface area (Å²) in [7, 11) is 2.32. The first kappa shape index (κ1) is 8.55. The van der Waals surface area contributed by atoms with Crippen molar-refractivity contribution in [3.63, 3.8) is 0 Å². The molecule has 1 saturated carbocycles. The molecule has 0 radical (unpaired) electrons. The van der Waals surface area contributed by atoms with Crippen LogP contribution in [0.1, 0.15) is 45.4 Å². The summed E-state index contributed by atoms with van der Waals surface area (Å²) in [5.74, 6) is 0. The van der Waals surface area contributed by atoms with Crippen LogP contribution in [0.2, 0.25) is 0 Å². The lowest BCUT2D eigenvalue weighted by Gasteiger charge is -2.44. The summed E-state index contributed by atoms with van der Waals surface area (Å²) < 4.78 is 0. The fraction of sp³-hybridized carbons (Fsp3) is 1.00. The van der Waals surface area contributed by atoms with E-state index in [1.165, 1.54) is 45.1 Å². The van der Waals surface area contributed by atoms with Crippen LogP contribution in [0.25, 0.3) is 0 Å². The molecule has 2 fully saturated rings. The zero-order valence-corrected chi connectivity index (χ0v) is 8.47. The average molecular weight is 167 g/mol. The lowest BCUT2D eigenvalue weighted by Crippen LogP contribution is -2.46. The molecule has 0 aromatic carbocycles. The molecule has 0 amide bonds. The number of likely N-dealkylation sites (tertiary alicyclic amines) is 1. The lowest BCUT2D eigenvalue weighted by molar-refractivity contribution is 0.0527. The van der Waals surface area contributed by atoms with Gasteiger partial charge in [-0.25, -0.2) is 0 Å². The van der Waals surface area contributed by atoms with Crippen LogP contribution in [0.4, 0.5) is 0 Å². The molecular formula is C11H21N. The van der Waals surface area contributed by atoms with Gasteiger partial charge in [-0.1, -0.05) is 13.3 Å². The minimum Gasteiger partial charge on any atom is -0.303 e. The Hall–Kier alpha value is -0.0400. The van der Waals surface area contributed by atoms with E-state index in [0.717, 1.165) is 11.5 Å². The van der Waals surface area contributed by atoms with E-state index in [-0.39, 0.29) is 0 Å². The summed E-state index contributed by atoms with van der Waals surface area (Å²) in [5, 5.41) is 0. The third-order valence-electron chi connectivity index (χ3n) is 4.28. The Morgan fingerprint density at radius 3 is 2.75 bits per heavy atom. The lowest BCUT2D eigenvalue weighted by atomic mass is 9.73. The van der Waals surface area contributed by atoms with E-state index in [2.05, 4.69) is 18.9 Å². The molecule has 1 saturated heterocycles. The van der Waals surface area contributed by atoms with Crippen LogP contribution >= 0.6 is 0 Å². The van der Waals surface area contributed by atoms with Crippen LogP contribution in [0.15, 0.2) is 0 Å².